The molecule has 34 heavy (non-hydrogen) atoms. The van der Waals surface area contributed by atoms with Crippen molar-refractivity contribution in [1.82, 2.24) is 10.3 Å². The number of carbonyl (C=O) groups excluding carboxylic acids is 3. The monoisotopic (exact) mass is 455 g/mol. The first kappa shape index (κ1) is 22.5. The Balaban J connectivity index is 1.71. The van der Waals surface area contributed by atoms with E-state index in [9.17, 15) is 19.5 Å². The van der Waals surface area contributed by atoms with Crippen LogP contribution in [0.3, 0.4) is 0 Å². The lowest BCUT2D eigenvalue weighted by molar-refractivity contribution is 0.0966. The summed E-state index contributed by atoms with van der Waals surface area (Å²) in [6, 6.07) is 18.8. The van der Waals surface area contributed by atoms with Gasteiger partial charge in [-0.25, -0.2) is 9.78 Å². The molecule has 1 aromatic heterocycles. The van der Waals surface area contributed by atoms with E-state index in [1.54, 1.807) is 60.7 Å². The third-order valence-electron chi connectivity index (χ3n) is 5.21. The molecule has 0 spiro atoms. The average molecular weight is 455 g/mol. The normalized spacial score (nSPS) is 10.5. The first-order valence-corrected chi connectivity index (χ1v) is 10.4. The largest absolute Gasteiger partial charge is 0.507 e. The molecule has 0 unspecified atom stereocenters. The van der Waals surface area contributed by atoms with Crippen molar-refractivity contribution in [2.45, 2.75) is 6.92 Å². The first-order valence-electron chi connectivity index (χ1n) is 10.4. The van der Waals surface area contributed by atoms with E-state index in [1.165, 1.54) is 26.2 Å². The van der Waals surface area contributed by atoms with Gasteiger partial charge in [0.2, 0.25) is 0 Å². The van der Waals surface area contributed by atoms with Crippen molar-refractivity contribution in [3.63, 3.8) is 0 Å². The summed E-state index contributed by atoms with van der Waals surface area (Å²) in [7, 11) is 1.54. The predicted octanol–water partition coefficient (Wildman–Crippen LogP) is 4.78. The van der Waals surface area contributed by atoms with Crippen molar-refractivity contribution in [3.8, 4) is 22.8 Å². The van der Waals surface area contributed by atoms with Crippen molar-refractivity contribution < 1.29 is 24.2 Å². The maximum Gasteiger partial charge on any atom is 0.326 e. The quantitative estimate of drug-likeness (QED) is 0.373. The molecule has 8 heteroatoms. The molecular formula is C26H21N3O5. The number of amides is 3. The Morgan fingerprint density at radius 3 is 2.35 bits per heavy atom. The number of aromatic nitrogens is 1. The van der Waals surface area contributed by atoms with Gasteiger partial charge in [-0.2, -0.15) is 0 Å². The Hall–Kier alpha value is -4.72. The number of para-hydroxylation sites is 1. The zero-order chi connectivity index (χ0) is 24.2. The van der Waals surface area contributed by atoms with Crippen LogP contribution in [0.2, 0.25) is 0 Å². The summed E-state index contributed by atoms with van der Waals surface area (Å²) in [5.41, 5.74) is 2.22. The molecular weight excluding hydrogens is 434 g/mol. The summed E-state index contributed by atoms with van der Waals surface area (Å²) in [5, 5.41) is 15.6. The number of imide groups is 1. The molecule has 3 N–H and O–H groups in total. The van der Waals surface area contributed by atoms with Gasteiger partial charge in [0.1, 0.15) is 11.5 Å². The Morgan fingerprint density at radius 1 is 0.941 bits per heavy atom. The van der Waals surface area contributed by atoms with E-state index in [-0.39, 0.29) is 17.1 Å². The molecule has 0 radical (unpaired) electrons. The van der Waals surface area contributed by atoms with E-state index in [0.717, 1.165) is 0 Å². The molecule has 0 fully saturated rings. The number of hydrogen-bond acceptors (Lipinski definition) is 6. The fourth-order valence-electron chi connectivity index (χ4n) is 3.47. The van der Waals surface area contributed by atoms with E-state index < -0.39 is 11.9 Å². The van der Waals surface area contributed by atoms with E-state index in [1.807, 2.05) is 0 Å². The summed E-state index contributed by atoms with van der Waals surface area (Å²) in [6.45, 7) is 1.42. The minimum atomic E-state index is -0.730. The van der Waals surface area contributed by atoms with Crippen LogP contribution < -0.4 is 15.4 Å². The number of phenolic OH excluding ortho intramolecular Hbond substituents is 1. The maximum absolute atomic E-state index is 13.1. The number of urea groups is 1. The Kier molecular flexibility index (Phi) is 6.22. The number of rotatable bonds is 5. The summed E-state index contributed by atoms with van der Waals surface area (Å²) in [6.07, 6.45) is 0. The number of phenols is 1. The number of pyridine rings is 1. The highest BCUT2D eigenvalue weighted by Crippen LogP contribution is 2.31. The van der Waals surface area contributed by atoms with E-state index in [2.05, 4.69) is 15.6 Å². The number of ether oxygens (including phenoxy) is 1. The third-order valence-corrected chi connectivity index (χ3v) is 5.21. The fourth-order valence-corrected chi connectivity index (χ4v) is 3.47. The molecule has 8 nitrogen and oxygen atoms in total. The minimum absolute atomic E-state index is 0.00156. The molecule has 0 aliphatic carbocycles. The Bertz CT molecular complexity index is 1410. The van der Waals surface area contributed by atoms with Gasteiger partial charge in [0, 0.05) is 22.2 Å². The molecule has 1 heterocycles. The summed E-state index contributed by atoms with van der Waals surface area (Å²) < 4.78 is 5.09. The number of ketones is 1. The number of hydrogen-bond donors (Lipinski definition) is 3. The lowest BCUT2D eigenvalue weighted by Crippen LogP contribution is -2.34. The van der Waals surface area contributed by atoms with Gasteiger partial charge in [0.25, 0.3) is 5.91 Å². The first-order chi connectivity index (χ1) is 16.4. The van der Waals surface area contributed by atoms with Crippen molar-refractivity contribution in [2.24, 2.45) is 0 Å². The van der Waals surface area contributed by atoms with Crippen LogP contribution in [0, 0.1) is 0 Å². The van der Waals surface area contributed by atoms with Crippen LogP contribution in [0.25, 0.3) is 22.2 Å². The number of nitrogens with one attached hydrogen (secondary N) is 2. The number of carbonyl (C=O) groups is 3. The van der Waals surface area contributed by atoms with Crippen LogP contribution in [0.1, 0.15) is 27.6 Å². The molecule has 0 saturated heterocycles. The van der Waals surface area contributed by atoms with E-state index in [4.69, 9.17) is 4.74 Å². The van der Waals surface area contributed by atoms with Gasteiger partial charge in [0.05, 0.1) is 23.9 Å². The summed E-state index contributed by atoms with van der Waals surface area (Å²) >= 11 is 0. The smallest absolute Gasteiger partial charge is 0.326 e. The lowest BCUT2D eigenvalue weighted by atomic mass is 10.0. The topological polar surface area (TPSA) is 118 Å². The highest BCUT2D eigenvalue weighted by molar-refractivity contribution is 6.15. The SMILES string of the molecule is COc1ccc(NC(=O)NC(=O)c2cc(-c3ccccc3O)nc3ccc(C(C)=O)cc23)cc1. The Labute approximate surface area is 195 Å². The molecule has 4 aromatic rings. The van der Waals surface area contributed by atoms with Gasteiger partial charge in [-0.3, -0.25) is 14.9 Å². The lowest BCUT2D eigenvalue weighted by Gasteiger charge is -2.12. The van der Waals surface area contributed by atoms with Gasteiger partial charge in [-0.1, -0.05) is 12.1 Å². The highest BCUT2D eigenvalue weighted by atomic mass is 16.5. The zero-order valence-electron chi connectivity index (χ0n) is 18.5. The highest BCUT2D eigenvalue weighted by Gasteiger charge is 2.18. The van der Waals surface area contributed by atoms with Gasteiger partial charge in [-0.15, -0.1) is 0 Å². The van der Waals surface area contributed by atoms with Crippen LogP contribution in [0.4, 0.5) is 10.5 Å². The number of nitrogens with zero attached hydrogens (tertiary/aromatic N) is 1. The molecule has 170 valence electrons. The molecule has 0 aliphatic heterocycles. The number of Topliss-reactive ketones (excluding diaryl/α,β-unsaturated/α-hetero) is 1. The van der Waals surface area contributed by atoms with Crippen LogP contribution >= 0.6 is 0 Å². The second-order valence-corrected chi connectivity index (χ2v) is 7.50. The molecule has 3 amide bonds. The van der Waals surface area contributed by atoms with Crippen LogP contribution in [-0.4, -0.2) is 34.9 Å². The van der Waals surface area contributed by atoms with Gasteiger partial charge < -0.3 is 15.2 Å². The zero-order valence-corrected chi connectivity index (χ0v) is 18.5. The molecule has 3 aromatic carbocycles. The van der Waals surface area contributed by atoms with Crippen molar-refractivity contribution >= 4 is 34.3 Å². The number of fused-ring (bicyclic) bond motifs is 1. The standard InChI is InChI=1S/C26H21N3O5/c1-15(30)16-7-12-22-20(13-16)21(14-23(28-22)19-5-3-4-6-24(19)31)25(32)29-26(33)27-17-8-10-18(34-2)11-9-17/h3-14,31H,1-2H3,(H2,27,29,32,33). The van der Waals surface area contributed by atoms with Crippen molar-refractivity contribution in [2.75, 3.05) is 12.4 Å². The summed E-state index contributed by atoms with van der Waals surface area (Å²) in [4.78, 5) is 42.1. The predicted molar refractivity (Wildman–Crippen MR) is 128 cm³/mol. The van der Waals surface area contributed by atoms with Crippen molar-refractivity contribution in [1.29, 1.82) is 0 Å². The molecule has 0 aliphatic rings. The summed E-state index contributed by atoms with van der Waals surface area (Å²) in [5.74, 6) is -0.229. The van der Waals surface area contributed by atoms with E-state index >= 15 is 0 Å². The molecule has 0 saturated carbocycles. The number of methoxy groups -OCH3 is 1. The van der Waals surface area contributed by atoms with Crippen LogP contribution in [0.15, 0.2) is 72.8 Å². The molecule has 0 atom stereocenters. The van der Waals surface area contributed by atoms with Gasteiger partial charge in [-0.05, 0) is 67.6 Å². The second-order valence-electron chi connectivity index (χ2n) is 7.50. The van der Waals surface area contributed by atoms with Gasteiger partial charge in [0.15, 0.2) is 5.78 Å². The third kappa shape index (κ3) is 4.71. The van der Waals surface area contributed by atoms with Crippen LogP contribution in [-0.2, 0) is 0 Å². The van der Waals surface area contributed by atoms with Crippen LogP contribution in [0.5, 0.6) is 11.5 Å². The van der Waals surface area contributed by atoms with E-state index in [0.29, 0.717) is 39.2 Å². The molecule has 4 rings (SSSR count). The average Bonchev–Trinajstić information content (AvgIpc) is 2.83. The maximum atomic E-state index is 13.1. The van der Waals surface area contributed by atoms with Gasteiger partial charge >= 0.3 is 6.03 Å². The Morgan fingerprint density at radius 2 is 1.68 bits per heavy atom. The number of benzene rings is 3. The minimum Gasteiger partial charge on any atom is -0.507 e. The second kappa shape index (κ2) is 9.41. The number of anilines is 1. The number of aromatic hydroxyl groups is 1. The molecule has 0 bridgehead atoms. The van der Waals surface area contributed by atoms with Crippen molar-refractivity contribution in [3.05, 3.63) is 83.9 Å². The fraction of sp³-hybridized carbons (Fsp3) is 0.0769.